The maximum absolute atomic E-state index is 9.52. The second-order valence-electron chi connectivity index (χ2n) is 1.38. The normalized spacial score (nSPS) is 5.42. The highest BCUT2D eigenvalue weighted by Crippen LogP contribution is 1.67. The molecule has 0 aliphatic carbocycles. The van der Waals surface area contributed by atoms with E-state index < -0.39 is 5.97 Å². The topological polar surface area (TPSA) is 111 Å². The summed E-state index contributed by atoms with van der Waals surface area (Å²) in [6, 6.07) is 3.50. The van der Waals surface area contributed by atoms with Crippen molar-refractivity contribution < 1.29 is 9.90 Å². The standard InChI is InChI=1S/C3H7NO2.2C2H3N/c4-2-1-3(5)6;2*1-2-3/h1-2,4H2,(H,5,6);2*1H3. The van der Waals surface area contributed by atoms with Crippen LogP contribution in [0.1, 0.15) is 20.3 Å². The van der Waals surface area contributed by atoms with Crippen LogP contribution in [0.15, 0.2) is 0 Å². The Morgan fingerprint density at radius 3 is 1.67 bits per heavy atom. The van der Waals surface area contributed by atoms with Crippen molar-refractivity contribution in [2.75, 3.05) is 6.54 Å². The zero-order valence-electron chi connectivity index (χ0n) is 7.24. The Morgan fingerprint density at radius 2 is 1.67 bits per heavy atom. The molecule has 0 radical (unpaired) electrons. The molecular formula is C7H13N3O2. The first-order valence-corrected chi connectivity index (χ1v) is 3.14. The van der Waals surface area contributed by atoms with Crippen molar-refractivity contribution in [1.82, 2.24) is 0 Å². The summed E-state index contributed by atoms with van der Waals surface area (Å²) in [6.45, 7) is 3.09. The van der Waals surface area contributed by atoms with Gasteiger partial charge in [0.15, 0.2) is 0 Å². The summed E-state index contributed by atoms with van der Waals surface area (Å²) >= 11 is 0. The molecule has 0 amide bonds. The summed E-state index contributed by atoms with van der Waals surface area (Å²) in [5.74, 6) is -0.836. The second kappa shape index (κ2) is 22.7. The summed E-state index contributed by atoms with van der Waals surface area (Å²) in [4.78, 5) is 9.52. The van der Waals surface area contributed by atoms with Gasteiger partial charge >= 0.3 is 5.97 Å². The number of aliphatic carboxylic acids is 1. The summed E-state index contributed by atoms with van der Waals surface area (Å²) in [5, 5.41) is 22.5. The lowest BCUT2D eigenvalue weighted by Crippen LogP contribution is -2.05. The van der Waals surface area contributed by atoms with Crippen LogP contribution in [0.3, 0.4) is 0 Å². The van der Waals surface area contributed by atoms with Crippen molar-refractivity contribution in [2.24, 2.45) is 5.73 Å². The van der Waals surface area contributed by atoms with Gasteiger partial charge in [0.05, 0.1) is 18.6 Å². The lowest BCUT2D eigenvalue weighted by molar-refractivity contribution is -0.136. The van der Waals surface area contributed by atoms with E-state index in [9.17, 15) is 4.79 Å². The van der Waals surface area contributed by atoms with Gasteiger partial charge in [0.2, 0.25) is 0 Å². The van der Waals surface area contributed by atoms with E-state index in [4.69, 9.17) is 21.4 Å². The monoisotopic (exact) mass is 171 g/mol. The molecule has 5 heteroatoms. The van der Waals surface area contributed by atoms with Gasteiger partial charge in [-0.1, -0.05) is 0 Å². The number of nitriles is 2. The number of carboxylic acids is 1. The molecule has 0 saturated carbocycles. The third-order valence-corrected chi connectivity index (χ3v) is 0.358. The molecule has 12 heavy (non-hydrogen) atoms. The predicted molar refractivity (Wildman–Crippen MR) is 43.9 cm³/mol. The number of hydrogen-bond donors (Lipinski definition) is 2. The van der Waals surface area contributed by atoms with E-state index in [1.165, 1.54) is 13.8 Å². The van der Waals surface area contributed by atoms with Crippen LogP contribution in [0, 0.1) is 22.7 Å². The largest absolute Gasteiger partial charge is 0.481 e. The second-order valence-corrected chi connectivity index (χ2v) is 1.38. The number of carboxylic acid groups (broad SMARTS) is 1. The fourth-order valence-corrected chi connectivity index (χ4v) is 0.123. The first-order chi connectivity index (χ1) is 5.60. The molecule has 0 aliphatic heterocycles. The van der Waals surface area contributed by atoms with E-state index in [0.29, 0.717) is 0 Å². The van der Waals surface area contributed by atoms with Gasteiger partial charge in [0, 0.05) is 20.4 Å². The van der Waals surface area contributed by atoms with Gasteiger partial charge in [-0.15, -0.1) is 0 Å². The minimum Gasteiger partial charge on any atom is -0.481 e. The summed E-state index contributed by atoms with van der Waals surface area (Å²) in [6.07, 6.45) is 0.0694. The highest BCUT2D eigenvalue weighted by molar-refractivity contribution is 5.66. The fourth-order valence-electron chi connectivity index (χ4n) is 0.123. The Labute approximate surface area is 72.0 Å². The van der Waals surface area contributed by atoms with Crippen molar-refractivity contribution in [3.63, 3.8) is 0 Å². The minimum absolute atomic E-state index is 0.0694. The van der Waals surface area contributed by atoms with Crippen LogP contribution < -0.4 is 5.73 Å². The van der Waals surface area contributed by atoms with Crippen molar-refractivity contribution >= 4 is 5.97 Å². The molecule has 0 rings (SSSR count). The molecule has 0 saturated heterocycles. The van der Waals surface area contributed by atoms with Gasteiger partial charge < -0.3 is 10.8 Å². The molecule has 3 N–H and O–H groups in total. The van der Waals surface area contributed by atoms with E-state index in [2.05, 4.69) is 0 Å². The first-order valence-electron chi connectivity index (χ1n) is 3.14. The number of nitrogens with two attached hydrogens (primary N) is 1. The van der Waals surface area contributed by atoms with Crippen molar-refractivity contribution in [2.45, 2.75) is 20.3 Å². The number of carbonyl (C=O) groups is 1. The van der Waals surface area contributed by atoms with E-state index in [1.54, 1.807) is 12.1 Å². The van der Waals surface area contributed by atoms with Crippen LogP contribution in [0.2, 0.25) is 0 Å². The molecule has 5 nitrogen and oxygen atoms in total. The highest BCUT2D eigenvalue weighted by atomic mass is 16.4. The lowest BCUT2D eigenvalue weighted by Gasteiger charge is -1.80. The minimum atomic E-state index is -0.836. The Bertz CT molecular complexity index is 154. The Hall–Kier alpha value is -1.59. The lowest BCUT2D eigenvalue weighted by atomic mass is 10.5. The molecule has 0 aromatic heterocycles. The molecule has 0 heterocycles. The molecule has 0 bridgehead atoms. The third kappa shape index (κ3) is 232. The maximum atomic E-state index is 9.52. The van der Waals surface area contributed by atoms with Crippen LogP contribution in [-0.4, -0.2) is 17.6 Å². The quantitative estimate of drug-likeness (QED) is 0.627. The molecule has 0 unspecified atom stereocenters. The summed E-state index contributed by atoms with van der Waals surface area (Å²) < 4.78 is 0. The Kier molecular flexibility index (Phi) is 31.8. The van der Waals surface area contributed by atoms with Gasteiger partial charge in [-0.2, -0.15) is 10.5 Å². The van der Waals surface area contributed by atoms with E-state index in [0.717, 1.165) is 0 Å². The smallest absolute Gasteiger partial charge is 0.304 e. The summed E-state index contributed by atoms with van der Waals surface area (Å²) in [7, 11) is 0. The molecule has 0 aromatic carbocycles. The molecule has 0 fully saturated rings. The molecule has 0 spiro atoms. The van der Waals surface area contributed by atoms with Crippen molar-refractivity contribution in [1.29, 1.82) is 10.5 Å². The number of nitrogens with zero attached hydrogens (tertiary/aromatic N) is 2. The molecular weight excluding hydrogens is 158 g/mol. The van der Waals surface area contributed by atoms with E-state index in [1.807, 2.05) is 0 Å². The van der Waals surface area contributed by atoms with Gasteiger partial charge in [0.25, 0.3) is 0 Å². The van der Waals surface area contributed by atoms with Crippen LogP contribution >= 0.6 is 0 Å². The van der Waals surface area contributed by atoms with Gasteiger partial charge in [0.1, 0.15) is 0 Å². The van der Waals surface area contributed by atoms with Crippen LogP contribution in [-0.2, 0) is 4.79 Å². The van der Waals surface area contributed by atoms with E-state index >= 15 is 0 Å². The van der Waals surface area contributed by atoms with Crippen LogP contribution in [0.5, 0.6) is 0 Å². The van der Waals surface area contributed by atoms with E-state index in [-0.39, 0.29) is 13.0 Å². The van der Waals surface area contributed by atoms with Crippen molar-refractivity contribution in [3.8, 4) is 12.1 Å². The highest BCUT2D eigenvalue weighted by Gasteiger charge is 1.87. The van der Waals surface area contributed by atoms with Crippen LogP contribution in [0.4, 0.5) is 0 Å². The first kappa shape index (κ1) is 16.8. The zero-order chi connectivity index (χ0) is 10.4. The fraction of sp³-hybridized carbons (Fsp3) is 0.571. The maximum Gasteiger partial charge on any atom is 0.304 e. The third-order valence-electron chi connectivity index (χ3n) is 0.358. The molecule has 0 atom stereocenters. The molecule has 0 aliphatic rings. The number of hydrogen-bond acceptors (Lipinski definition) is 4. The van der Waals surface area contributed by atoms with Gasteiger partial charge in [-0.3, -0.25) is 4.79 Å². The van der Waals surface area contributed by atoms with Gasteiger partial charge in [-0.05, 0) is 0 Å². The molecule has 68 valence electrons. The Morgan fingerprint density at radius 1 is 1.42 bits per heavy atom. The zero-order valence-corrected chi connectivity index (χ0v) is 7.24. The predicted octanol–water partition coefficient (Wildman–Crippen LogP) is 0.480. The van der Waals surface area contributed by atoms with Gasteiger partial charge in [-0.25, -0.2) is 0 Å². The van der Waals surface area contributed by atoms with Crippen molar-refractivity contribution in [3.05, 3.63) is 0 Å². The average molecular weight is 171 g/mol. The SMILES string of the molecule is CC#N.CC#N.NCCC(=O)O. The summed E-state index contributed by atoms with van der Waals surface area (Å²) in [5.41, 5.74) is 4.85. The number of rotatable bonds is 2. The average Bonchev–Trinajstić information content (AvgIpc) is 1.89. The molecule has 0 aromatic rings. The van der Waals surface area contributed by atoms with Crippen LogP contribution in [0.25, 0.3) is 0 Å². The Balaban J connectivity index is -0.000000115.